The smallest absolute Gasteiger partial charge is 0.399 e. The summed E-state index contributed by atoms with van der Waals surface area (Å²) in [6.45, 7) is 8.05. The van der Waals surface area contributed by atoms with Gasteiger partial charge in [0.15, 0.2) is 0 Å². The molecule has 1 fully saturated rings. The van der Waals surface area contributed by atoms with E-state index >= 15 is 0 Å². The fourth-order valence-electron chi connectivity index (χ4n) is 1.70. The number of nitrogen functional groups attached to an aromatic ring is 1. The van der Waals surface area contributed by atoms with Crippen LogP contribution in [0.1, 0.15) is 27.7 Å². The Kier molecular flexibility index (Phi) is 2.93. The average molecular weight is 254 g/mol. The summed E-state index contributed by atoms with van der Waals surface area (Å²) in [4.78, 5) is 0. The summed E-state index contributed by atoms with van der Waals surface area (Å²) in [5.74, 6) is 0. The summed E-state index contributed by atoms with van der Waals surface area (Å²) in [6, 6.07) is 5.36. The maximum atomic E-state index is 6.16. The van der Waals surface area contributed by atoms with Gasteiger partial charge in [0.05, 0.1) is 11.2 Å². The van der Waals surface area contributed by atoms with Crippen molar-refractivity contribution in [3.63, 3.8) is 0 Å². The second-order valence-electron chi connectivity index (χ2n) is 5.37. The minimum absolute atomic E-state index is 0.359. The molecule has 1 aromatic rings. The molecule has 0 unspecified atom stereocenters. The zero-order valence-electron chi connectivity index (χ0n) is 10.6. The maximum absolute atomic E-state index is 6.16. The zero-order valence-corrected chi connectivity index (χ0v) is 11.3. The van der Waals surface area contributed by atoms with Crippen LogP contribution in [0, 0.1) is 0 Å². The normalized spacial score (nSPS) is 21.8. The second kappa shape index (κ2) is 3.90. The van der Waals surface area contributed by atoms with Crippen molar-refractivity contribution in [3.8, 4) is 0 Å². The van der Waals surface area contributed by atoms with Crippen molar-refractivity contribution in [2.75, 3.05) is 5.73 Å². The first kappa shape index (κ1) is 12.7. The van der Waals surface area contributed by atoms with Crippen LogP contribution in [0.5, 0.6) is 0 Å². The van der Waals surface area contributed by atoms with Gasteiger partial charge in [0.1, 0.15) is 0 Å². The lowest BCUT2D eigenvalue weighted by Crippen LogP contribution is -2.41. The van der Waals surface area contributed by atoms with E-state index in [0.29, 0.717) is 10.7 Å². The largest absolute Gasteiger partial charge is 0.496 e. The van der Waals surface area contributed by atoms with Crippen LogP contribution in [-0.2, 0) is 9.31 Å². The van der Waals surface area contributed by atoms with Crippen LogP contribution in [0.2, 0.25) is 5.02 Å². The van der Waals surface area contributed by atoms with Crippen molar-refractivity contribution in [2.24, 2.45) is 0 Å². The summed E-state index contributed by atoms with van der Waals surface area (Å²) in [5, 5.41) is 0.573. The lowest BCUT2D eigenvalue weighted by atomic mass is 9.79. The molecule has 92 valence electrons. The van der Waals surface area contributed by atoms with E-state index in [9.17, 15) is 0 Å². The molecular weight excluding hydrogens is 236 g/mol. The summed E-state index contributed by atoms with van der Waals surface area (Å²) >= 11 is 6.16. The lowest BCUT2D eigenvalue weighted by Gasteiger charge is -2.32. The van der Waals surface area contributed by atoms with Crippen LogP contribution in [0.3, 0.4) is 0 Å². The van der Waals surface area contributed by atoms with E-state index in [2.05, 4.69) is 0 Å². The van der Waals surface area contributed by atoms with Crippen LogP contribution in [0.15, 0.2) is 18.2 Å². The third-order valence-corrected chi connectivity index (χ3v) is 3.86. The summed E-state index contributed by atoms with van der Waals surface area (Å²) in [6.07, 6.45) is 0. The highest BCUT2D eigenvalue weighted by molar-refractivity contribution is 6.65. The molecular formula is C12H17BClNO2. The topological polar surface area (TPSA) is 44.5 Å². The average Bonchev–Trinajstić information content (AvgIpc) is 2.35. The molecule has 1 aromatic carbocycles. The molecule has 0 aromatic heterocycles. The molecule has 1 aliphatic heterocycles. The molecule has 0 spiro atoms. The molecule has 0 saturated carbocycles. The van der Waals surface area contributed by atoms with Crippen LogP contribution in [0.4, 0.5) is 5.69 Å². The Morgan fingerprint density at radius 2 is 1.65 bits per heavy atom. The highest BCUT2D eigenvalue weighted by Crippen LogP contribution is 2.37. The van der Waals surface area contributed by atoms with Crippen molar-refractivity contribution in [2.45, 2.75) is 38.9 Å². The number of hydrogen-bond acceptors (Lipinski definition) is 3. The van der Waals surface area contributed by atoms with Gasteiger partial charge in [0, 0.05) is 16.2 Å². The zero-order chi connectivity index (χ0) is 12.8. The summed E-state index contributed by atoms with van der Waals surface area (Å²) < 4.78 is 11.8. The van der Waals surface area contributed by atoms with E-state index in [1.807, 2.05) is 33.8 Å². The fraction of sp³-hybridized carbons (Fsp3) is 0.500. The molecule has 0 amide bonds. The molecule has 5 heteroatoms. The number of halogens is 1. The van der Waals surface area contributed by atoms with Crippen LogP contribution in [-0.4, -0.2) is 18.3 Å². The molecule has 0 aliphatic carbocycles. The van der Waals surface area contributed by atoms with Crippen LogP contribution in [0.25, 0.3) is 0 Å². The highest BCUT2D eigenvalue weighted by atomic mass is 35.5. The third kappa shape index (κ3) is 2.17. The van der Waals surface area contributed by atoms with Crippen molar-refractivity contribution in [1.29, 1.82) is 0 Å². The van der Waals surface area contributed by atoms with Gasteiger partial charge in [-0.15, -0.1) is 0 Å². The fourth-order valence-corrected chi connectivity index (χ4v) is 1.98. The first-order valence-electron chi connectivity index (χ1n) is 5.63. The van der Waals surface area contributed by atoms with E-state index in [1.165, 1.54) is 0 Å². The first-order valence-corrected chi connectivity index (χ1v) is 6.01. The molecule has 2 N–H and O–H groups in total. The molecule has 2 rings (SSSR count). The lowest BCUT2D eigenvalue weighted by molar-refractivity contribution is 0.00578. The van der Waals surface area contributed by atoms with E-state index in [1.54, 1.807) is 12.1 Å². The number of rotatable bonds is 1. The molecule has 1 heterocycles. The molecule has 0 radical (unpaired) electrons. The summed E-state index contributed by atoms with van der Waals surface area (Å²) in [7, 11) is -0.437. The van der Waals surface area contributed by atoms with E-state index in [0.717, 1.165) is 5.46 Å². The number of anilines is 1. The van der Waals surface area contributed by atoms with Crippen molar-refractivity contribution >= 4 is 29.9 Å². The Morgan fingerprint density at radius 3 is 2.12 bits per heavy atom. The van der Waals surface area contributed by atoms with Crippen molar-refractivity contribution in [1.82, 2.24) is 0 Å². The standard InChI is InChI=1S/C12H17BClNO2/c1-11(2)12(3,4)17-13(16-11)9-6-5-8(15)7-10(9)14/h5-7H,15H2,1-4H3. The Bertz CT molecular complexity index is 432. The predicted octanol–water partition coefficient (Wildman–Crippen LogP) is 2.22. The van der Waals surface area contributed by atoms with Gasteiger partial charge in [-0.3, -0.25) is 0 Å². The first-order chi connectivity index (χ1) is 7.73. The van der Waals surface area contributed by atoms with Crippen molar-refractivity contribution < 1.29 is 9.31 Å². The third-order valence-electron chi connectivity index (χ3n) is 3.53. The van der Waals surface area contributed by atoms with Gasteiger partial charge in [0.25, 0.3) is 0 Å². The van der Waals surface area contributed by atoms with E-state index in [-0.39, 0.29) is 11.2 Å². The number of benzene rings is 1. The quantitative estimate of drug-likeness (QED) is 0.616. The minimum Gasteiger partial charge on any atom is -0.399 e. The molecule has 1 aliphatic rings. The number of hydrogen-bond donors (Lipinski definition) is 1. The predicted molar refractivity (Wildman–Crippen MR) is 71.6 cm³/mol. The molecule has 1 saturated heterocycles. The van der Waals surface area contributed by atoms with Gasteiger partial charge in [-0.2, -0.15) is 0 Å². The van der Waals surface area contributed by atoms with Crippen LogP contribution < -0.4 is 11.2 Å². The van der Waals surface area contributed by atoms with Gasteiger partial charge in [-0.05, 0) is 39.8 Å². The van der Waals surface area contributed by atoms with E-state index in [4.69, 9.17) is 26.6 Å². The summed E-state index contributed by atoms with van der Waals surface area (Å²) in [5.41, 5.74) is 6.40. The Morgan fingerprint density at radius 1 is 1.12 bits per heavy atom. The van der Waals surface area contributed by atoms with Gasteiger partial charge in [-0.1, -0.05) is 17.7 Å². The molecule has 0 bridgehead atoms. The second-order valence-corrected chi connectivity index (χ2v) is 5.78. The number of nitrogens with two attached hydrogens (primary N) is 1. The monoisotopic (exact) mass is 253 g/mol. The Labute approximate surface area is 107 Å². The van der Waals surface area contributed by atoms with E-state index < -0.39 is 7.12 Å². The molecule has 17 heavy (non-hydrogen) atoms. The minimum atomic E-state index is -0.437. The SMILES string of the molecule is CC1(C)OB(c2ccc(N)cc2Cl)OC1(C)C. The Hall–Kier alpha value is -0.705. The van der Waals surface area contributed by atoms with Gasteiger partial charge < -0.3 is 15.0 Å². The molecule has 0 atom stereocenters. The van der Waals surface area contributed by atoms with Gasteiger partial charge >= 0.3 is 7.12 Å². The van der Waals surface area contributed by atoms with Gasteiger partial charge in [0.2, 0.25) is 0 Å². The van der Waals surface area contributed by atoms with Crippen LogP contribution >= 0.6 is 11.6 Å². The van der Waals surface area contributed by atoms with Gasteiger partial charge in [-0.25, -0.2) is 0 Å². The molecule has 3 nitrogen and oxygen atoms in total. The highest BCUT2D eigenvalue weighted by Gasteiger charge is 2.52. The Balaban J connectivity index is 2.32. The van der Waals surface area contributed by atoms with Crippen molar-refractivity contribution in [3.05, 3.63) is 23.2 Å². The maximum Gasteiger partial charge on any atom is 0.496 e.